The third kappa shape index (κ3) is 4.00. The van der Waals surface area contributed by atoms with Crippen molar-refractivity contribution in [3.63, 3.8) is 0 Å². The Morgan fingerprint density at radius 3 is 2.50 bits per heavy atom. The molecule has 8 nitrogen and oxygen atoms in total. The monoisotopic (exact) mass is 423 g/mol. The van der Waals surface area contributed by atoms with E-state index in [1.807, 2.05) is 13.8 Å². The Bertz CT molecular complexity index is 1030. The zero-order chi connectivity index (χ0) is 20.7. The van der Waals surface area contributed by atoms with E-state index < -0.39 is 15.9 Å². The highest BCUT2D eigenvalue weighted by atomic mass is 32.2. The molecule has 0 aliphatic heterocycles. The molecule has 2 aromatic rings. The van der Waals surface area contributed by atoms with Crippen molar-refractivity contribution in [3.8, 4) is 0 Å². The number of anilines is 1. The van der Waals surface area contributed by atoms with Gasteiger partial charge in [-0.25, -0.2) is 13.4 Å². The second kappa shape index (κ2) is 7.36. The highest BCUT2D eigenvalue weighted by Crippen LogP contribution is 2.38. The summed E-state index contributed by atoms with van der Waals surface area (Å²) >= 11 is 1.17. The maximum atomic E-state index is 12.5. The summed E-state index contributed by atoms with van der Waals surface area (Å²) in [6, 6.07) is 5.48. The molecule has 1 aliphatic carbocycles. The summed E-state index contributed by atoms with van der Waals surface area (Å²) < 4.78 is 25.1. The third-order valence-corrected chi connectivity index (χ3v) is 7.21. The number of nitrogens with zero attached hydrogens (tertiary/aromatic N) is 2. The predicted octanol–water partition coefficient (Wildman–Crippen LogP) is 2.73. The van der Waals surface area contributed by atoms with Crippen LogP contribution in [-0.4, -0.2) is 43.7 Å². The molecule has 0 radical (unpaired) electrons. The summed E-state index contributed by atoms with van der Waals surface area (Å²) in [5, 5.41) is 3.05. The zero-order valence-corrected chi connectivity index (χ0v) is 17.6. The van der Waals surface area contributed by atoms with Crippen molar-refractivity contribution >= 4 is 38.2 Å². The molecule has 3 rings (SSSR count). The van der Waals surface area contributed by atoms with E-state index in [0.29, 0.717) is 28.5 Å². The Morgan fingerprint density at radius 2 is 1.89 bits per heavy atom. The standard InChI is InChI=1S/C18H21N3O5S2/c1-18(2)9-13-15(14(22)10-18)27-17(19-13)20-16(23)11-5-7-12(8-6-11)28(24,25)21(3)26-4/h5-8H,9-10H2,1-4H3,(H,19,20,23). The van der Waals surface area contributed by atoms with Gasteiger partial charge in [-0.05, 0) is 36.1 Å². The molecule has 1 aromatic heterocycles. The Hall–Kier alpha value is -2.14. The van der Waals surface area contributed by atoms with Gasteiger partial charge < -0.3 is 0 Å². The highest BCUT2D eigenvalue weighted by Gasteiger charge is 2.34. The molecule has 150 valence electrons. The van der Waals surface area contributed by atoms with Gasteiger partial charge in [-0.3, -0.25) is 19.7 Å². The van der Waals surface area contributed by atoms with Gasteiger partial charge in [-0.2, -0.15) is 0 Å². The van der Waals surface area contributed by atoms with Crippen LogP contribution in [0.3, 0.4) is 0 Å². The number of benzene rings is 1. The van der Waals surface area contributed by atoms with Crippen LogP contribution in [0.5, 0.6) is 0 Å². The summed E-state index contributed by atoms with van der Waals surface area (Å²) in [4.78, 5) is 34.5. The van der Waals surface area contributed by atoms with Crippen molar-refractivity contribution in [2.75, 3.05) is 19.5 Å². The minimum atomic E-state index is -3.78. The van der Waals surface area contributed by atoms with E-state index in [1.165, 1.54) is 49.8 Å². The first-order valence-electron chi connectivity index (χ1n) is 8.51. The normalized spacial score (nSPS) is 16.1. The van der Waals surface area contributed by atoms with Gasteiger partial charge in [0.25, 0.3) is 15.9 Å². The van der Waals surface area contributed by atoms with Gasteiger partial charge in [0.2, 0.25) is 0 Å². The highest BCUT2D eigenvalue weighted by molar-refractivity contribution is 7.89. The topological polar surface area (TPSA) is 106 Å². The molecule has 1 heterocycles. The van der Waals surface area contributed by atoms with Crippen LogP contribution in [0.2, 0.25) is 0 Å². The van der Waals surface area contributed by atoms with Crippen LogP contribution in [0.25, 0.3) is 0 Å². The van der Waals surface area contributed by atoms with E-state index in [2.05, 4.69) is 10.3 Å². The minimum Gasteiger partial charge on any atom is -0.298 e. The van der Waals surface area contributed by atoms with Crippen molar-refractivity contribution in [3.05, 3.63) is 40.4 Å². The summed E-state index contributed by atoms with van der Waals surface area (Å²) in [7, 11) is -1.25. The van der Waals surface area contributed by atoms with E-state index in [-0.39, 0.29) is 21.7 Å². The number of amides is 1. The van der Waals surface area contributed by atoms with E-state index in [1.54, 1.807) is 0 Å². The molecule has 1 aromatic carbocycles. The van der Waals surface area contributed by atoms with Crippen molar-refractivity contribution < 1.29 is 22.8 Å². The Kier molecular flexibility index (Phi) is 5.41. The summed E-state index contributed by atoms with van der Waals surface area (Å²) in [6.07, 6.45) is 1.14. The van der Waals surface area contributed by atoms with Gasteiger partial charge >= 0.3 is 0 Å². The fraction of sp³-hybridized carbons (Fsp3) is 0.389. The lowest BCUT2D eigenvalue weighted by molar-refractivity contribution is -0.0258. The molecule has 0 bridgehead atoms. The van der Waals surface area contributed by atoms with E-state index >= 15 is 0 Å². The molecular formula is C18H21N3O5S2. The first-order chi connectivity index (χ1) is 13.0. The van der Waals surface area contributed by atoms with Crippen LogP contribution in [0.15, 0.2) is 29.2 Å². The number of fused-ring (bicyclic) bond motifs is 1. The largest absolute Gasteiger partial charge is 0.298 e. The fourth-order valence-corrected chi connectivity index (χ4v) is 4.86. The molecule has 1 amide bonds. The lowest BCUT2D eigenvalue weighted by atomic mass is 9.78. The molecule has 0 saturated carbocycles. The Morgan fingerprint density at radius 1 is 1.25 bits per heavy atom. The minimum absolute atomic E-state index is 0.00550. The van der Waals surface area contributed by atoms with Gasteiger partial charge in [0.1, 0.15) is 0 Å². The smallest absolute Gasteiger partial charge is 0.264 e. The lowest BCUT2D eigenvalue weighted by Crippen LogP contribution is -2.26. The molecule has 1 aliphatic rings. The zero-order valence-electron chi connectivity index (χ0n) is 16.0. The molecule has 28 heavy (non-hydrogen) atoms. The Labute approximate surface area is 167 Å². The van der Waals surface area contributed by atoms with Crippen LogP contribution in [0, 0.1) is 5.41 Å². The average Bonchev–Trinajstić information content (AvgIpc) is 3.02. The number of rotatable bonds is 5. The SMILES string of the molecule is CON(C)S(=O)(=O)c1ccc(C(=O)Nc2nc3c(s2)C(=O)CC(C)(C)C3)cc1. The maximum absolute atomic E-state index is 12.5. The first-order valence-corrected chi connectivity index (χ1v) is 10.8. The average molecular weight is 424 g/mol. The van der Waals surface area contributed by atoms with Gasteiger partial charge in [0, 0.05) is 19.0 Å². The number of carbonyl (C=O) groups excluding carboxylic acids is 2. The summed E-state index contributed by atoms with van der Waals surface area (Å²) in [5.41, 5.74) is 0.847. The number of ketones is 1. The number of hydrogen-bond donors (Lipinski definition) is 1. The number of carbonyl (C=O) groups is 2. The number of Topliss-reactive ketones (excluding diaryl/α,β-unsaturated/α-hetero) is 1. The Balaban J connectivity index is 1.77. The summed E-state index contributed by atoms with van der Waals surface area (Å²) in [6.45, 7) is 4.03. The first kappa shape index (κ1) is 20.6. The molecule has 1 N–H and O–H groups in total. The molecule has 0 saturated heterocycles. The van der Waals surface area contributed by atoms with E-state index in [9.17, 15) is 18.0 Å². The van der Waals surface area contributed by atoms with Gasteiger partial charge in [0.15, 0.2) is 10.9 Å². The van der Waals surface area contributed by atoms with Crippen molar-refractivity contribution in [2.45, 2.75) is 31.6 Å². The predicted molar refractivity (Wildman–Crippen MR) is 105 cm³/mol. The fourth-order valence-electron chi connectivity index (χ4n) is 2.97. The number of hydroxylamine groups is 1. The lowest BCUT2D eigenvalue weighted by Gasteiger charge is -2.26. The molecule has 0 fully saturated rings. The number of thiazole rings is 1. The third-order valence-electron chi connectivity index (χ3n) is 4.47. The number of hydrogen-bond acceptors (Lipinski definition) is 7. The van der Waals surface area contributed by atoms with Gasteiger partial charge in [-0.1, -0.05) is 29.7 Å². The van der Waals surface area contributed by atoms with Crippen LogP contribution in [0.4, 0.5) is 5.13 Å². The second-order valence-electron chi connectivity index (χ2n) is 7.31. The van der Waals surface area contributed by atoms with Crippen LogP contribution >= 0.6 is 11.3 Å². The number of sulfonamides is 1. The van der Waals surface area contributed by atoms with Crippen LogP contribution < -0.4 is 5.32 Å². The number of aromatic nitrogens is 1. The van der Waals surface area contributed by atoms with Gasteiger partial charge in [-0.15, -0.1) is 0 Å². The summed E-state index contributed by atoms with van der Waals surface area (Å²) in [5.74, 6) is -0.386. The molecule has 0 unspecified atom stereocenters. The molecular weight excluding hydrogens is 402 g/mol. The van der Waals surface area contributed by atoms with E-state index in [4.69, 9.17) is 4.84 Å². The van der Waals surface area contributed by atoms with Crippen LogP contribution in [0.1, 0.15) is 46.0 Å². The van der Waals surface area contributed by atoms with Crippen molar-refractivity contribution in [1.29, 1.82) is 0 Å². The molecule has 10 heteroatoms. The second-order valence-corrected chi connectivity index (χ2v) is 10.2. The number of nitrogens with one attached hydrogen (secondary N) is 1. The van der Waals surface area contributed by atoms with E-state index in [0.717, 1.165) is 4.47 Å². The van der Waals surface area contributed by atoms with Crippen molar-refractivity contribution in [1.82, 2.24) is 9.45 Å². The van der Waals surface area contributed by atoms with Crippen molar-refractivity contribution in [2.24, 2.45) is 5.41 Å². The molecule has 0 atom stereocenters. The maximum Gasteiger partial charge on any atom is 0.264 e. The van der Waals surface area contributed by atoms with Crippen LogP contribution in [-0.2, 0) is 21.3 Å². The van der Waals surface area contributed by atoms with Gasteiger partial charge in [0.05, 0.1) is 22.6 Å². The quantitative estimate of drug-likeness (QED) is 0.742. The molecule has 0 spiro atoms.